The van der Waals surface area contributed by atoms with Gasteiger partial charge in [-0.25, -0.2) is 4.39 Å². The molecule has 146 valence electrons. The average molecular weight is 408 g/mol. The first-order valence-electron chi connectivity index (χ1n) is 8.24. The zero-order valence-corrected chi connectivity index (χ0v) is 16.2. The number of halogens is 3. The quantitative estimate of drug-likeness (QED) is 0.726. The second-order valence-corrected chi connectivity index (χ2v) is 6.74. The van der Waals surface area contributed by atoms with Gasteiger partial charge in [0.2, 0.25) is 5.91 Å². The number of hydrogen-bond acceptors (Lipinski definition) is 4. The molecule has 0 radical (unpaired) electrons. The van der Waals surface area contributed by atoms with Crippen molar-refractivity contribution < 1.29 is 19.1 Å². The number of anilines is 1. The summed E-state index contributed by atoms with van der Waals surface area (Å²) < 4.78 is 13.7. The number of aliphatic carboxylic acids is 1. The molecule has 0 aromatic heterocycles. The standard InChI is InChI=1S/C17H23ClFN3O3.ClH/c1-21(11-17(24)25)13-4-7-22(8-5-13)9-6-16(23)20-15-3-2-12(18)10-14(15)19;/h2-3,10,13H,4-9,11H2,1H3,(H,20,23)(H,24,25);1H. The second-order valence-electron chi connectivity index (χ2n) is 6.30. The Bertz CT molecular complexity index is 625. The Morgan fingerprint density at radius 1 is 1.38 bits per heavy atom. The van der Waals surface area contributed by atoms with Gasteiger partial charge < -0.3 is 15.3 Å². The van der Waals surface area contributed by atoms with E-state index in [1.54, 1.807) is 0 Å². The van der Waals surface area contributed by atoms with Crippen LogP contribution in [0.4, 0.5) is 10.1 Å². The second kappa shape index (κ2) is 10.7. The third-order valence-electron chi connectivity index (χ3n) is 4.43. The van der Waals surface area contributed by atoms with Crippen LogP contribution < -0.4 is 5.32 Å². The fourth-order valence-electron chi connectivity index (χ4n) is 2.99. The number of likely N-dealkylation sites (N-methyl/N-ethyl adjacent to an activating group) is 1. The van der Waals surface area contributed by atoms with Crippen LogP contribution in [-0.2, 0) is 9.59 Å². The molecular formula is C17H24Cl2FN3O3. The molecular weight excluding hydrogens is 384 g/mol. The van der Waals surface area contributed by atoms with Crippen molar-refractivity contribution in [3.63, 3.8) is 0 Å². The topological polar surface area (TPSA) is 72.9 Å². The average Bonchev–Trinajstić information content (AvgIpc) is 2.55. The number of nitrogens with one attached hydrogen (secondary N) is 1. The highest BCUT2D eigenvalue weighted by Gasteiger charge is 2.23. The summed E-state index contributed by atoms with van der Waals surface area (Å²) in [5, 5.41) is 11.7. The molecule has 26 heavy (non-hydrogen) atoms. The number of benzene rings is 1. The van der Waals surface area contributed by atoms with Gasteiger partial charge in [-0.2, -0.15) is 0 Å². The van der Waals surface area contributed by atoms with Crippen molar-refractivity contribution in [2.24, 2.45) is 0 Å². The molecule has 1 heterocycles. The Labute approximate surface area is 163 Å². The third-order valence-corrected chi connectivity index (χ3v) is 4.66. The van der Waals surface area contributed by atoms with Crippen molar-refractivity contribution in [1.29, 1.82) is 0 Å². The van der Waals surface area contributed by atoms with Gasteiger partial charge in [-0.3, -0.25) is 14.5 Å². The van der Waals surface area contributed by atoms with E-state index < -0.39 is 11.8 Å². The lowest BCUT2D eigenvalue weighted by Crippen LogP contribution is -2.45. The summed E-state index contributed by atoms with van der Waals surface area (Å²) in [6.45, 7) is 2.27. The van der Waals surface area contributed by atoms with Gasteiger partial charge in [0.15, 0.2) is 0 Å². The third kappa shape index (κ3) is 7.07. The van der Waals surface area contributed by atoms with Crippen LogP contribution in [0.2, 0.25) is 5.02 Å². The number of hydrogen-bond donors (Lipinski definition) is 2. The molecule has 0 atom stereocenters. The number of nitrogens with zero attached hydrogens (tertiary/aromatic N) is 2. The van der Waals surface area contributed by atoms with Gasteiger partial charge in [-0.05, 0) is 51.2 Å². The van der Waals surface area contributed by atoms with E-state index in [2.05, 4.69) is 10.2 Å². The molecule has 1 fully saturated rings. The number of carbonyl (C=O) groups is 2. The van der Waals surface area contributed by atoms with Crippen molar-refractivity contribution in [3.8, 4) is 0 Å². The summed E-state index contributed by atoms with van der Waals surface area (Å²) in [6, 6.07) is 4.39. The van der Waals surface area contributed by atoms with Crippen LogP contribution in [0.1, 0.15) is 19.3 Å². The van der Waals surface area contributed by atoms with Crippen molar-refractivity contribution in [3.05, 3.63) is 29.0 Å². The molecule has 1 aliphatic heterocycles. The van der Waals surface area contributed by atoms with Gasteiger partial charge in [-0.1, -0.05) is 11.6 Å². The molecule has 1 aliphatic rings. The molecule has 0 spiro atoms. The highest BCUT2D eigenvalue weighted by molar-refractivity contribution is 6.30. The van der Waals surface area contributed by atoms with Crippen LogP contribution in [0.5, 0.6) is 0 Å². The minimum Gasteiger partial charge on any atom is -0.480 e. The summed E-state index contributed by atoms with van der Waals surface area (Å²) in [5.74, 6) is -1.62. The zero-order chi connectivity index (χ0) is 18.4. The molecule has 1 saturated heterocycles. The summed E-state index contributed by atoms with van der Waals surface area (Å²) in [6.07, 6.45) is 2.02. The van der Waals surface area contributed by atoms with E-state index in [1.807, 2.05) is 11.9 Å². The van der Waals surface area contributed by atoms with E-state index in [-0.39, 0.29) is 48.0 Å². The largest absolute Gasteiger partial charge is 0.480 e. The Kier molecular flexibility index (Phi) is 9.29. The van der Waals surface area contributed by atoms with Crippen LogP contribution in [0.15, 0.2) is 18.2 Å². The van der Waals surface area contributed by atoms with Gasteiger partial charge in [0.1, 0.15) is 5.82 Å². The predicted octanol–water partition coefficient (Wildman–Crippen LogP) is 2.71. The van der Waals surface area contributed by atoms with E-state index in [1.165, 1.54) is 12.1 Å². The molecule has 0 saturated carbocycles. The minimum atomic E-state index is -0.823. The number of likely N-dealkylation sites (tertiary alicyclic amines) is 1. The first-order valence-corrected chi connectivity index (χ1v) is 8.62. The molecule has 2 N–H and O–H groups in total. The Morgan fingerprint density at radius 3 is 2.62 bits per heavy atom. The predicted molar refractivity (Wildman–Crippen MR) is 102 cm³/mol. The van der Waals surface area contributed by atoms with Gasteiger partial charge >= 0.3 is 5.97 Å². The van der Waals surface area contributed by atoms with Crippen LogP contribution in [-0.4, -0.2) is 66.1 Å². The Hall–Kier alpha value is -1.41. The van der Waals surface area contributed by atoms with Gasteiger partial charge in [0.05, 0.1) is 12.2 Å². The van der Waals surface area contributed by atoms with Crippen molar-refractivity contribution in [2.45, 2.75) is 25.3 Å². The Morgan fingerprint density at radius 2 is 2.04 bits per heavy atom. The normalized spacial score (nSPS) is 15.5. The lowest BCUT2D eigenvalue weighted by Gasteiger charge is -2.36. The van der Waals surface area contributed by atoms with Crippen LogP contribution in [0.25, 0.3) is 0 Å². The summed E-state index contributed by atoms with van der Waals surface area (Å²) in [5.41, 5.74) is 0.128. The fourth-order valence-corrected chi connectivity index (χ4v) is 3.15. The van der Waals surface area contributed by atoms with Crippen LogP contribution >= 0.6 is 24.0 Å². The molecule has 9 heteroatoms. The van der Waals surface area contributed by atoms with Crippen LogP contribution in [0, 0.1) is 5.82 Å². The zero-order valence-electron chi connectivity index (χ0n) is 14.6. The lowest BCUT2D eigenvalue weighted by atomic mass is 10.0. The highest BCUT2D eigenvalue weighted by Crippen LogP contribution is 2.19. The fraction of sp³-hybridized carbons (Fsp3) is 0.529. The molecule has 2 rings (SSSR count). The molecule has 0 bridgehead atoms. The van der Waals surface area contributed by atoms with Crippen LogP contribution in [0.3, 0.4) is 0 Å². The number of piperidine rings is 1. The first-order chi connectivity index (χ1) is 11.8. The SMILES string of the molecule is CN(CC(=O)O)C1CCN(CCC(=O)Nc2ccc(Cl)cc2F)CC1.Cl. The molecule has 0 unspecified atom stereocenters. The maximum atomic E-state index is 13.7. The minimum absolute atomic E-state index is 0. The van der Waals surface area contributed by atoms with Gasteiger partial charge in [0.25, 0.3) is 0 Å². The van der Waals surface area contributed by atoms with Crippen molar-refractivity contribution >= 4 is 41.6 Å². The Balaban J connectivity index is 0.00000338. The maximum absolute atomic E-state index is 13.7. The number of amides is 1. The molecule has 6 nitrogen and oxygen atoms in total. The molecule has 1 aromatic rings. The monoisotopic (exact) mass is 407 g/mol. The molecule has 1 aromatic carbocycles. The highest BCUT2D eigenvalue weighted by atomic mass is 35.5. The number of carboxylic acid groups (broad SMARTS) is 1. The van der Waals surface area contributed by atoms with E-state index in [9.17, 15) is 14.0 Å². The van der Waals surface area contributed by atoms with Crippen molar-refractivity contribution in [1.82, 2.24) is 9.80 Å². The molecule has 1 amide bonds. The maximum Gasteiger partial charge on any atom is 0.317 e. The van der Waals surface area contributed by atoms with E-state index >= 15 is 0 Å². The summed E-state index contributed by atoms with van der Waals surface area (Å²) >= 11 is 5.68. The molecule has 0 aliphatic carbocycles. The number of carbonyl (C=O) groups excluding carboxylic acids is 1. The summed E-state index contributed by atoms with van der Waals surface area (Å²) in [4.78, 5) is 26.8. The lowest BCUT2D eigenvalue weighted by molar-refractivity contribution is -0.138. The van der Waals surface area contributed by atoms with Gasteiger partial charge in [-0.15, -0.1) is 12.4 Å². The first kappa shape index (κ1) is 22.6. The van der Waals surface area contributed by atoms with E-state index in [0.717, 1.165) is 32.0 Å². The smallest absolute Gasteiger partial charge is 0.317 e. The van der Waals surface area contributed by atoms with E-state index in [4.69, 9.17) is 16.7 Å². The number of carboxylic acids is 1. The summed E-state index contributed by atoms with van der Waals surface area (Å²) in [7, 11) is 1.82. The number of rotatable bonds is 7. The van der Waals surface area contributed by atoms with E-state index in [0.29, 0.717) is 6.54 Å². The van der Waals surface area contributed by atoms with Crippen molar-refractivity contribution in [2.75, 3.05) is 38.5 Å². The van der Waals surface area contributed by atoms with Gasteiger partial charge in [0, 0.05) is 24.0 Å².